The molecule has 21 heavy (non-hydrogen) atoms. The summed E-state index contributed by atoms with van der Waals surface area (Å²) < 4.78 is 0. The third kappa shape index (κ3) is 4.18. The quantitative estimate of drug-likeness (QED) is 0.753. The van der Waals surface area contributed by atoms with Crippen molar-refractivity contribution in [2.45, 2.75) is 46.1 Å². The van der Waals surface area contributed by atoms with Crippen molar-refractivity contribution < 1.29 is 5.11 Å². The summed E-state index contributed by atoms with van der Waals surface area (Å²) in [6.07, 6.45) is 3.27. The Labute approximate surface area is 128 Å². The zero-order valence-electron chi connectivity index (χ0n) is 13.3. The number of aliphatic hydroxyl groups is 1. The fourth-order valence-electron chi connectivity index (χ4n) is 2.50. The highest BCUT2D eigenvalue weighted by Crippen LogP contribution is 2.25. The highest BCUT2D eigenvalue weighted by Gasteiger charge is 2.11. The summed E-state index contributed by atoms with van der Waals surface area (Å²) in [6, 6.07) is 17.1. The molecule has 0 aliphatic carbocycles. The van der Waals surface area contributed by atoms with E-state index in [9.17, 15) is 5.11 Å². The van der Waals surface area contributed by atoms with Crippen molar-refractivity contribution in [1.82, 2.24) is 0 Å². The zero-order chi connectivity index (χ0) is 15.2. The minimum absolute atomic E-state index is 0.244. The van der Waals surface area contributed by atoms with Gasteiger partial charge in [0.05, 0.1) is 6.10 Å². The fraction of sp³-hybridized carbons (Fsp3) is 0.400. The van der Waals surface area contributed by atoms with Crippen LogP contribution in [0.5, 0.6) is 0 Å². The van der Waals surface area contributed by atoms with E-state index in [2.05, 4.69) is 43.3 Å². The van der Waals surface area contributed by atoms with E-state index in [0.717, 1.165) is 12.0 Å². The monoisotopic (exact) mass is 282 g/mol. The molecule has 0 aliphatic heterocycles. The summed E-state index contributed by atoms with van der Waals surface area (Å²) in [5.41, 5.74) is 4.85. The van der Waals surface area contributed by atoms with Crippen LogP contribution in [0, 0.1) is 5.92 Å². The summed E-state index contributed by atoms with van der Waals surface area (Å²) in [7, 11) is 0. The van der Waals surface area contributed by atoms with Crippen LogP contribution in [-0.4, -0.2) is 5.11 Å². The highest BCUT2D eigenvalue weighted by atomic mass is 16.3. The highest BCUT2D eigenvalue weighted by molar-refractivity contribution is 5.64. The zero-order valence-corrected chi connectivity index (χ0v) is 13.3. The summed E-state index contributed by atoms with van der Waals surface area (Å²) >= 11 is 0. The maximum atomic E-state index is 10.1. The van der Waals surface area contributed by atoms with E-state index >= 15 is 0 Å². The Balaban J connectivity index is 2.11. The van der Waals surface area contributed by atoms with E-state index in [4.69, 9.17) is 0 Å². The van der Waals surface area contributed by atoms with Crippen LogP contribution in [0.1, 0.15) is 50.8 Å². The van der Waals surface area contributed by atoms with Gasteiger partial charge in [-0.25, -0.2) is 0 Å². The van der Waals surface area contributed by atoms with Crippen molar-refractivity contribution in [3.8, 4) is 11.1 Å². The Kier molecular flexibility index (Phi) is 5.58. The predicted molar refractivity (Wildman–Crippen MR) is 90.3 cm³/mol. The molecule has 0 aliphatic rings. The summed E-state index contributed by atoms with van der Waals surface area (Å²) in [6.45, 7) is 6.29. The van der Waals surface area contributed by atoms with Crippen molar-refractivity contribution in [3.05, 3.63) is 59.7 Å². The van der Waals surface area contributed by atoms with Gasteiger partial charge in [-0.3, -0.25) is 0 Å². The van der Waals surface area contributed by atoms with Crippen molar-refractivity contribution in [2.75, 3.05) is 0 Å². The van der Waals surface area contributed by atoms with Gasteiger partial charge in [0.25, 0.3) is 0 Å². The molecule has 112 valence electrons. The van der Waals surface area contributed by atoms with Crippen LogP contribution in [0.15, 0.2) is 48.5 Å². The molecule has 0 saturated carbocycles. The third-order valence-electron chi connectivity index (χ3n) is 3.99. The number of aryl methyl sites for hydroxylation is 1. The Bertz CT molecular complexity index is 537. The Morgan fingerprint density at radius 3 is 1.86 bits per heavy atom. The second-order valence-electron chi connectivity index (χ2n) is 6.11. The molecular weight excluding hydrogens is 256 g/mol. The molecular formula is C20H26O. The molecule has 0 fully saturated rings. The van der Waals surface area contributed by atoms with Gasteiger partial charge in [-0.2, -0.15) is 0 Å². The smallest absolute Gasteiger partial charge is 0.0812 e. The van der Waals surface area contributed by atoms with E-state index in [0.29, 0.717) is 0 Å². The lowest BCUT2D eigenvalue weighted by Crippen LogP contribution is -2.04. The summed E-state index contributed by atoms with van der Waals surface area (Å²) in [5.74, 6) is 0.244. The molecule has 1 nitrogen and oxygen atoms in total. The number of unbranched alkanes of at least 4 members (excludes halogenated alkanes) is 1. The second-order valence-corrected chi connectivity index (χ2v) is 6.11. The van der Waals surface area contributed by atoms with Gasteiger partial charge in [0, 0.05) is 0 Å². The molecule has 0 saturated heterocycles. The first-order chi connectivity index (χ1) is 10.1. The third-order valence-corrected chi connectivity index (χ3v) is 3.99. The maximum absolute atomic E-state index is 10.1. The second kappa shape index (κ2) is 7.42. The van der Waals surface area contributed by atoms with Gasteiger partial charge in [-0.05, 0) is 41.0 Å². The van der Waals surface area contributed by atoms with E-state index in [1.807, 2.05) is 26.0 Å². The molecule has 0 amide bonds. The van der Waals surface area contributed by atoms with Gasteiger partial charge >= 0.3 is 0 Å². The molecule has 1 N–H and O–H groups in total. The van der Waals surface area contributed by atoms with E-state index < -0.39 is 0 Å². The summed E-state index contributed by atoms with van der Waals surface area (Å²) in [4.78, 5) is 0. The van der Waals surface area contributed by atoms with Crippen LogP contribution in [0.3, 0.4) is 0 Å². The molecule has 0 radical (unpaired) electrons. The minimum Gasteiger partial charge on any atom is -0.388 e. The van der Waals surface area contributed by atoms with E-state index in [1.54, 1.807) is 0 Å². The molecule has 1 atom stereocenters. The normalized spacial score (nSPS) is 12.6. The molecule has 2 aromatic rings. The van der Waals surface area contributed by atoms with Crippen LogP contribution < -0.4 is 0 Å². The first-order valence-electron chi connectivity index (χ1n) is 7.99. The van der Waals surface area contributed by atoms with Gasteiger partial charge in [0.15, 0.2) is 0 Å². The first-order valence-corrected chi connectivity index (χ1v) is 7.99. The van der Waals surface area contributed by atoms with Crippen LogP contribution >= 0.6 is 0 Å². The molecule has 0 bridgehead atoms. The number of rotatable bonds is 6. The lowest BCUT2D eigenvalue weighted by molar-refractivity contribution is 0.127. The van der Waals surface area contributed by atoms with Crippen molar-refractivity contribution in [2.24, 2.45) is 5.92 Å². The van der Waals surface area contributed by atoms with E-state index in [-0.39, 0.29) is 12.0 Å². The maximum Gasteiger partial charge on any atom is 0.0812 e. The Hall–Kier alpha value is -1.60. The average molecular weight is 282 g/mol. The van der Waals surface area contributed by atoms with Crippen LogP contribution in [0.2, 0.25) is 0 Å². The van der Waals surface area contributed by atoms with E-state index in [1.165, 1.54) is 29.5 Å². The predicted octanol–water partition coefficient (Wildman–Crippen LogP) is 5.39. The topological polar surface area (TPSA) is 20.2 Å². The van der Waals surface area contributed by atoms with Crippen LogP contribution in [0.4, 0.5) is 0 Å². The van der Waals surface area contributed by atoms with Crippen molar-refractivity contribution in [3.63, 3.8) is 0 Å². The molecule has 2 aromatic carbocycles. The van der Waals surface area contributed by atoms with Gasteiger partial charge in [0.1, 0.15) is 0 Å². The summed E-state index contributed by atoms with van der Waals surface area (Å²) in [5, 5.41) is 10.1. The first kappa shape index (κ1) is 15.8. The largest absolute Gasteiger partial charge is 0.388 e. The number of aliphatic hydroxyl groups excluding tert-OH is 1. The Morgan fingerprint density at radius 2 is 1.38 bits per heavy atom. The lowest BCUT2D eigenvalue weighted by Gasteiger charge is -2.15. The van der Waals surface area contributed by atoms with Gasteiger partial charge < -0.3 is 5.11 Å². The molecule has 0 aromatic heterocycles. The number of hydrogen-bond acceptors (Lipinski definition) is 1. The van der Waals surface area contributed by atoms with Gasteiger partial charge in [0.2, 0.25) is 0 Å². The fourth-order valence-corrected chi connectivity index (χ4v) is 2.50. The molecule has 1 unspecified atom stereocenters. The van der Waals surface area contributed by atoms with Gasteiger partial charge in [-0.15, -0.1) is 0 Å². The Morgan fingerprint density at radius 1 is 0.857 bits per heavy atom. The number of benzene rings is 2. The molecule has 0 heterocycles. The van der Waals surface area contributed by atoms with Crippen LogP contribution in [0.25, 0.3) is 11.1 Å². The standard InChI is InChI=1S/C20H26O/c1-4-5-6-16-7-9-17(10-8-16)18-11-13-19(14-12-18)20(21)15(2)3/h7-15,20-21H,4-6H2,1-3H3. The molecule has 2 rings (SSSR count). The molecule has 0 spiro atoms. The van der Waals surface area contributed by atoms with Gasteiger partial charge in [-0.1, -0.05) is 75.7 Å². The average Bonchev–Trinajstić information content (AvgIpc) is 2.53. The SMILES string of the molecule is CCCCc1ccc(-c2ccc(C(O)C(C)C)cc2)cc1. The lowest BCUT2D eigenvalue weighted by atomic mass is 9.96. The number of hydrogen-bond donors (Lipinski definition) is 1. The molecule has 1 heteroatoms. The van der Waals surface area contributed by atoms with Crippen molar-refractivity contribution >= 4 is 0 Å². The van der Waals surface area contributed by atoms with Crippen LogP contribution in [-0.2, 0) is 6.42 Å². The minimum atomic E-state index is -0.379. The van der Waals surface area contributed by atoms with Crippen molar-refractivity contribution in [1.29, 1.82) is 0 Å².